The Morgan fingerprint density at radius 3 is 2.65 bits per heavy atom. The molecule has 17 heavy (non-hydrogen) atoms. The van der Waals surface area contributed by atoms with Gasteiger partial charge in [0.05, 0.1) is 6.04 Å². The maximum atomic E-state index is 11.5. The van der Waals surface area contributed by atoms with E-state index in [1.807, 2.05) is 0 Å². The van der Waals surface area contributed by atoms with E-state index in [0.717, 1.165) is 13.0 Å². The van der Waals surface area contributed by atoms with E-state index < -0.39 is 6.04 Å². The molecule has 0 spiro atoms. The van der Waals surface area contributed by atoms with Crippen molar-refractivity contribution >= 4 is 5.91 Å². The minimum Gasteiger partial charge on any atom is -0.385 e. The third kappa shape index (κ3) is 8.12. The number of nitrogens with two attached hydrogens (primary N) is 1. The van der Waals surface area contributed by atoms with Crippen LogP contribution in [0.2, 0.25) is 0 Å². The molecule has 0 fully saturated rings. The van der Waals surface area contributed by atoms with Gasteiger partial charge in [-0.1, -0.05) is 0 Å². The maximum absolute atomic E-state index is 11.5. The highest BCUT2D eigenvalue weighted by Crippen LogP contribution is 1.94. The third-order valence-electron chi connectivity index (χ3n) is 2.84. The minimum absolute atomic E-state index is 0.0887. The molecule has 0 aliphatic heterocycles. The SMILES string of the molecule is COCCC(N)C(=O)NCCCN(C)C(C)C. The van der Waals surface area contributed by atoms with Crippen molar-refractivity contribution in [3.63, 3.8) is 0 Å². The first-order chi connectivity index (χ1) is 7.99. The largest absolute Gasteiger partial charge is 0.385 e. The van der Waals surface area contributed by atoms with Gasteiger partial charge in [-0.2, -0.15) is 0 Å². The third-order valence-corrected chi connectivity index (χ3v) is 2.84. The summed E-state index contributed by atoms with van der Waals surface area (Å²) >= 11 is 0. The summed E-state index contributed by atoms with van der Waals surface area (Å²) in [6.07, 6.45) is 1.51. The van der Waals surface area contributed by atoms with Crippen LogP contribution in [0.25, 0.3) is 0 Å². The molecule has 1 amide bonds. The van der Waals surface area contributed by atoms with Gasteiger partial charge in [0.2, 0.25) is 5.91 Å². The molecule has 0 bridgehead atoms. The lowest BCUT2D eigenvalue weighted by atomic mass is 10.2. The molecule has 0 radical (unpaired) electrons. The second kappa shape index (κ2) is 9.39. The van der Waals surface area contributed by atoms with Crippen molar-refractivity contribution in [2.45, 2.75) is 38.8 Å². The van der Waals surface area contributed by atoms with Crippen molar-refractivity contribution in [1.29, 1.82) is 0 Å². The number of hydrogen-bond donors (Lipinski definition) is 2. The van der Waals surface area contributed by atoms with E-state index in [2.05, 4.69) is 31.1 Å². The first-order valence-corrected chi connectivity index (χ1v) is 6.21. The molecule has 0 heterocycles. The predicted molar refractivity (Wildman–Crippen MR) is 69.9 cm³/mol. The van der Waals surface area contributed by atoms with Crippen molar-refractivity contribution < 1.29 is 9.53 Å². The summed E-state index contributed by atoms with van der Waals surface area (Å²) in [7, 11) is 3.68. The van der Waals surface area contributed by atoms with E-state index in [0.29, 0.717) is 25.6 Å². The van der Waals surface area contributed by atoms with Crippen LogP contribution in [0.4, 0.5) is 0 Å². The van der Waals surface area contributed by atoms with Crippen LogP contribution in [0.1, 0.15) is 26.7 Å². The van der Waals surface area contributed by atoms with E-state index in [9.17, 15) is 4.79 Å². The molecule has 5 heteroatoms. The number of nitrogens with zero attached hydrogens (tertiary/aromatic N) is 1. The zero-order chi connectivity index (χ0) is 13.3. The molecule has 0 rings (SSSR count). The number of amides is 1. The van der Waals surface area contributed by atoms with Crippen LogP contribution in [0.3, 0.4) is 0 Å². The van der Waals surface area contributed by atoms with E-state index in [1.54, 1.807) is 7.11 Å². The Labute approximate surface area is 105 Å². The van der Waals surface area contributed by atoms with Crippen LogP contribution >= 0.6 is 0 Å². The van der Waals surface area contributed by atoms with Gasteiger partial charge in [0, 0.05) is 26.3 Å². The minimum atomic E-state index is -0.460. The fourth-order valence-electron chi connectivity index (χ4n) is 1.31. The van der Waals surface area contributed by atoms with Crippen LogP contribution in [0.15, 0.2) is 0 Å². The lowest BCUT2D eigenvalue weighted by Gasteiger charge is -2.21. The Hall–Kier alpha value is -0.650. The number of nitrogens with one attached hydrogen (secondary N) is 1. The van der Waals surface area contributed by atoms with Gasteiger partial charge in [0.15, 0.2) is 0 Å². The molecule has 0 aromatic heterocycles. The Bertz CT molecular complexity index is 210. The maximum Gasteiger partial charge on any atom is 0.237 e. The first-order valence-electron chi connectivity index (χ1n) is 6.21. The molecular weight excluding hydrogens is 218 g/mol. The Morgan fingerprint density at radius 1 is 1.47 bits per heavy atom. The molecule has 1 atom stereocenters. The van der Waals surface area contributed by atoms with E-state index in [1.165, 1.54) is 0 Å². The van der Waals surface area contributed by atoms with Crippen LogP contribution in [0.5, 0.6) is 0 Å². The van der Waals surface area contributed by atoms with Gasteiger partial charge >= 0.3 is 0 Å². The van der Waals surface area contributed by atoms with E-state index in [4.69, 9.17) is 10.5 Å². The summed E-state index contributed by atoms with van der Waals surface area (Å²) in [6, 6.07) is 0.0763. The van der Waals surface area contributed by atoms with Crippen LogP contribution in [0, 0.1) is 0 Å². The molecule has 3 N–H and O–H groups in total. The first kappa shape index (κ1) is 16.4. The summed E-state index contributed by atoms with van der Waals surface area (Å²) in [5.74, 6) is -0.0887. The highest BCUT2D eigenvalue weighted by molar-refractivity contribution is 5.81. The predicted octanol–water partition coefficient (Wildman–Crippen LogP) is 0.197. The summed E-state index contributed by atoms with van der Waals surface area (Å²) in [6.45, 7) is 6.48. The van der Waals surface area contributed by atoms with Crippen molar-refractivity contribution in [3.05, 3.63) is 0 Å². The van der Waals surface area contributed by atoms with Gasteiger partial charge in [-0.15, -0.1) is 0 Å². The molecule has 0 aliphatic rings. The zero-order valence-electron chi connectivity index (χ0n) is 11.5. The van der Waals surface area contributed by atoms with E-state index in [-0.39, 0.29) is 5.91 Å². The number of ether oxygens (including phenoxy) is 1. The molecule has 1 unspecified atom stereocenters. The van der Waals surface area contributed by atoms with Crippen molar-refractivity contribution in [2.24, 2.45) is 5.73 Å². The number of rotatable bonds is 9. The molecule has 0 saturated heterocycles. The molecule has 5 nitrogen and oxygen atoms in total. The highest BCUT2D eigenvalue weighted by Gasteiger charge is 2.12. The molecule has 102 valence electrons. The standard InChI is InChI=1S/C12H27N3O2/c1-10(2)15(3)8-5-7-14-12(16)11(13)6-9-17-4/h10-11H,5-9,13H2,1-4H3,(H,14,16). The molecule has 0 saturated carbocycles. The molecule has 0 aliphatic carbocycles. The Balaban J connectivity index is 3.57. The summed E-state index contributed by atoms with van der Waals surface area (Å²) in [5.41, 5.74) is 5.69. The lowest BCUT2D eigenvalue weighted by Crippen LogP contribution is -2.42. The Kier molecular flexibility index (Phi) is 9.03. The van der Waals surface area contributed by atoms with Gasteiger partial charge in [-0.25, -0.2) is 0 Å². The van der Waals surface area contributed by atoms with Gasteiger partial charge in [-0.3, -0.25) is 4.79 Å². The molecule has 0 aromatic carbocycles. The van der Waals surface area contributed by atoms with Gasteiger partial charge in [0.25, 0.3) is 0 Å². The summed E-state index contributed by atoms with van der Waals surface area (Å²) < 4.78 is 4.88. The van der Waals surface area contributed by atoms with Crippen LogP contribution in [-0.4, -0.2) is 56.7 Å². The quantitative estimate of drug-likeness (QED) is 0.569. The second-order valence-electron chi connectivity index (χ2n) is 4.61. The van der Waals surface area contributed by atoms with Gasteiger partial charge < -0.3 is 20.7 Å². The topological polar surface area (TPSA) is 67.6 Å². The summed E-state index contributed by atoms with van der Waals surface area (Å²) in [4.78, 5) is 13.8. The number of carbonyl (C=O) groups excluding carboxylic acids is 1. The number of methoxy groups -OCH3 is 1. The van der Waals surface area contributed by atoms with Crippen molar-refractivity contribution in [1.82, 2.24) is 10.2 Å². The average Bonchev–Trinajstić information content (AvgIpc) is 2.30. The number of carbonyl (C=O) groups is 1. The van der Waals surface area contributed by atoms with Crippen molar-refractivity contribution in [2.75, 3.05) is 33.9 Å². The second-order valence-corrected chi connectivity index (χ2v) is 4.61. The van der Waals surface area contributed by atoms with Crippen LogP contribution < -0.4 is 11.1 Å². The number of hydrogen-bond acceptors (Lipinski definition) is 4. The Morgan fingerprint density at radius 2 is 2.12 bits per heavy atom. The van der Waals surface area contributed by atoms with E-state index >= 15 is 0 Å². The summed E-state index contributed by atoms with van der Waals surface area (Å²) in [5, 5.41) is 2.84. The van der Waals surface area contributed by atoms with Gasteiger partial charge in [-0.05, 0) is 40.3 Å². The van der Waals surface area contributed by atoms with Gasteiger partial charge in [0.1, 0.15) is 0 Å². The smallest absolute Gasteiger partial charge is 0.237 e. The fraction of sp³-hybridized carbons (Fsp3) is 0.917. The molecule has 0 aromatic rings. The van der Waals surface area contributed by atoms with Crippen LogP contribution in [-0.2, 0) is 9.53 Å². The van der Waals surface area contributed by atoms with Crippen molar-refractivity contribution in [3.8, 4) is 0 Å². The average molecular weight is 245 g/mol. The fourth-order valence-corrected chi connectivity index (χ4v) is 1.31. The zero-order valence-corrected chi connectivity index (χ0v) is 11.5. The lowest BCUT2D eigenvalue weighted by molar-refractivity contribution is -0.122. The monoisotopic (exact) mass is 245 g/mol. The highest BCUT2D eigenvalue weighted by atomic mass is 16.5. The molecular formula is C12H27N3O2. The normalized spacial score (nSPS) is 13.1.